The van der Waals surface area contributed by atoms with Crippen LogP contribution < -0.4 is 5.32 Å². The van der Waals surface area contributed by atoms with Gasteiger partial charge >= 0.3 is 6.18 Å². The zero-order valence-electron chi connectivity index (χ0n) is 18.4. The summed E-state index contributed by atoms with van der Waals surface area (Å²) in [5.74, 6) is -0.397. The molecule has 1 fully saturated rings. The number of nitrogens with zero attached hydrogens (tertiary/aromatic N) is 3. The van der Waals surface area contributed by atoms with Crippen LogP contribution in [0, 0.1) is 0 Å². The predicted molar refractivity (Wildman–Crippen MR) is 119 cm³/mol. The monoisotopic (exact) mass is 494 g/mol. The number of aryl methyl sites for hydroxylation is 1. The molecule has 0 aliphatic carbocycles. The van der Waals surface area contributed by atoms with Crippen molar-refractivity contribution < 1.29 is 26.7 Å². The van der Waals surface area contributed by atoms with Crippen LogP contribution >= 0.6 is 0 Å². The molecule has 2 aromatic carbocycles. The molecule has 4 rings (SSSR count). The van der Waals surface area contributed by atoms with Crippen LogP contribution in [0.3, 0.4) is 0 Å². The van der Waals surface area contributed by atoms with E-state index in [1.807, 2.05) is 30.3 Å². The number of rotatable bonds is 7. The van der Waals surface area contributed by atoms with Crippen LogP contribution in [0.1, 0.15) is 22.6 Å². The molecule has 1 saturated heterocycles. The largest absolute Gasteiger partial charge is 0.416 e. The van der Waals surface area contributed by atoms with Gasteiger partial charge in [0, 0.05) is 38.8 Å². The topological polar surface area (TPSA) is 87.5 Å². The molecule has 0 radical (unpaired) electrons. The lowest BCUT2D eigenvalue weighted by molar-refractivity contribution is -0.137. The quantitative estimate of drug-likeness (QED) is 0.528. The zero-order chi connectivity index (χ0) is 24.6. The fourth-order valence-electron chi connectivity index (χ4n) is 4.30. The Morgan fingerprint density at radius 3 is 2.38 bits per heavy atom. The molecule has 2 N–H and O–H groups in total. The summed E-state index contributed by atoms with van der Waals surface area (Å²) < 4.78 is 68.0. The first-order valence-electron chi connectivity index (χ1n) is 10.6. The molecule has 0 unspecified atom stereocenters. The number of imidazole rings is 1. The van der Waals surface area contributed by atoms with Crippen molar-refractivity contribution in [3.8, 4) is 0 Å². The van der Waals surface area contributed by atoms with Gasteiger partial charge in [-0.05, 0) is 23.3 Å². The first kappa shape index (κ1) is 24.4. The maximum Gasteiger partial charge on any atom is 0.416 e. The van der Waals surface area contributed by atoms with E-state index in [1.165, 1.54) is 29.0 Å². The third-order valence-electron chi connectivity index (χ3n) is 6.21. The molecule has 0 bridgehead atoms. The lowest BCUT2D eigenvalue weighted by Crippen LogP contribution is -2.54. The Morgan fingerprint density at radius 2 is 1.82 bits per heavy atom. The standard InChI is InChI=1S/C23H25F3N4O3S/c1-29-13-21(27-16-29)34(32,33)30-12-20(18-5-3-2-4-6-18)22(14-30,15-31)28-11-17-7-9-19(10-8-17)23(24,25)26/h2-10,13,16,20,28,31H,11-12,14-15H2,1H3/t20-,22-/m1/s1. The number of aromatic nitrogens is 2. The van der Waals surface area contributed by atoms with Gasteiger partial charge in [0.05, 0.1) is 24.0 Å². The molecular weight excluding hydrogens is 469 g/mol. The van der Waals surface area contributed by atoms with Crippen molar-refractivity contribution in [1.82, 2.24) is 19.2 Å². The second-order valence-corrected chi connectivity index (χ2v) is 10.4. The van der Waals surface area contributed by atoms with E-state index in [1.54, 1.807) is 11.6 Å². The highest BCUT2D eigenvalue weighted by atomic mass is 32.2. The van der Waals surface area contributed by atoms with E-state index < -0.39 is 33.2 Å². The normalized spacial score (nSPS) is 21.7. The number of halogens is 3. The van der Waals surface area contributed by atoms with Gasteiger partial charge in [0.25, 0.3) is 10.0 Å². The minimum Gasteiger partial charge on any atom is -0.394 e. The summed E-state index contributed by atoms with van der Waals surface area (Å²) in [4.78, 5) is 3.98. The minimum absolute atomic E-state index is 0.0252. The molecule has 2 heterocycles. The highest BCUT2D eigenvalue weighted by molar-refractivity contribution is 7.89. The summed E-state index contributed by atoms with van der Waals surface area (Å²) >= 11 is 0. The first-order chi connectivity index (χ1) is 16.0. The molecule has 34 heavy (non-hydrogen) atoms. The summed E-state index contributed by atoms with van der Waals surface area (Å²) in [5.41, 5.74) is -0.371. The molecule has 0 amide bonds. The molecule has 182 valence electrons. The van der Waals surface area contributed by atoms with Crippen LogP contribution in [-0.4, -0.2) is 52.6 Å². The molecule has 0 saturated carbocycles. The number of aliphatic hydroxyl groups excluding tert-OH is 1. The second kappa shape index (κ2) is 9.14. The Balaban J connectivity index is 1.63. The Labute approximate surface area is 195 Å². The molecule has 7 nitrogen and oxygen atoms in total. The maximum absolute atomic E-state index is 13.3. The average molecular weight is 495 g/mol. The van der Waals surface area contributed by atoms with Crippen LogP contribution in [0.4, 0.5) is 13.2 Å². The van der Waals surface area contributed by atoms with Crippen LogP contribution in [0.5, 0.6) is 0 Å². The first-order valence-corrected chi connectivity index (χ1v) is 12.0. The molecular formula is C23H25F3N4O3S. The molecule has 11 heteroatoms. The van der Waals surface area contributed by atoms with Gasteiger partial charge in [0.2, 0.25) is 0 Å². The number of nitrogens with one attached hydrogen (secondary N) is 1. The van der Waals surface area contributed by atoms with Crippen LogP contribution in [0.15, 0.2) is 72.1 Å². The van der Waals surface area contributed by atoms with Crippen molar-refractivity contribution in [3.63, 3.8) is 0 Å². The Hall–Kier alpha value is -2.73. The lowest BCUT2D eigenvalue weighted by Gasteiger charge is -2.34. The number of alkyl halides is 3. The van der Waals surface area contributed by atoms with Crippen molar-refractivity contribution in [2.75, 3.05) is 19.7 Å². The van der Waals surface area contributed by atoms with Gasteiger partial charge in [-0.15, -0.1) is 0 Å². The van der Waals surface area contributed by atoms with Gasteiger partial charge in [-0.1, -0.05) is 42.5 Å². The number of hydrogen-bond donors (Lipinski definition) is 2. The van der Waals surface area contributed by atoms with Gasteiger partial charge in [-0.25, -0.2) is 13.4 Å². The average Bonchev–Trinajstić information content (AvgIpc) is 3.43. The van der Waals surface area contributed by atoms with E-state index in [9.17, 15) is 26.7 Å². The van der Waals surface area contributed by atoms with E-state index in [2.05, 4.69) is 10.3 Å². The van der Waals surface area contributed by atoms with Crippen LogP contribution in [0.2, 0.25) is 0 Å². The molecule has 2 atom stereocenters. The Bertz CT molecular complexity index is 1230. The number of hydrogen-bond acceptors (Lipinski definition) is 5. The summed E-state index contributed by atoms with van der Waals surface area (Å²) in [6.45, 7) is -0.132. The number of benzene rings is 2. The van der Waals surface area contributed by atoms with Gasteiger partial charge < -0.3 is 15.0 Å². The highest BCUT2D eigenvalue weighted by Crippen LogP contribution is 2.39. The Morgan fingerprint density at radius 1 is 1.15 bits per heavy atom. The van der Waals surface area contributed by atoms with Crippen molar-refractivity contribution in [3.05, 3.63) is 83.8 Å². The van der Waals surface area contributed by atoms with Crippen molar-refractivity contribution in [1.29, 1.82) is 0 Å². The van der Waals surface area contributed by atoms with Gasteiger partial charge in [-0.3, -0.25) is 0 Å². The van der Waals surface area contributed by atoms with E-state index in [0.717, 1.165) is 17.7 Å². The second-order valence-electron chi connectivity index (χ2n) is 8.50. The van der Waals surface area contributed by atoms with E-state index >= 15 is 0 Å². The van der Waals surface area contributed by atoms with Crippen molar-refractivity contribution >= 4 is 10.0 Å². The Kier molecular flexibility index (Phi) is 6.56. The SMILES string of the molecule is Cn1cnc(S(=O)(=O)N2C[C@H](c3ccccc3)[C@@](CO)(NCc3ccc(C(F)(F)F)cc3)C2)c1. The molecule has 1 aliphatic heterocycles. The smallest absolute Gasteiger partial charge is 0.394 e. The van der Waals surface area contributed by atoms with E-state index in [4.69, 9.17) is 0 Å². The van der Waals surface area contributed by atoms with Gasteiger partial charge in [0.15, 0.2) is 5.03 Å². The minimum atomic E-state index is -4.43. The fourth-order valence-corrected chi connectivity index (χ4v) is 5.79. The third kappa shape index (κ3) is 4.74. The van der Waals surface area contributed by atoms with Crippen LogP contribution in [0.25, 0.3) is 0 Å². The van der Waals surface area contributed by atoms with Crippen molar-refractivity contribution in [2.24, 2.45) is 7.05 Å². The van der Waals surface area contributed by atoms with Gasteiger partial charge in [0.1, 0.15) is 0 Å². The number of aliphatic hydroxyl groups is 1. The summed E-state index contributed by atoms with van der Waals surface area (Å²) in [7, 11) is -2.25. The molecule has 3 aromatic rings. The third-order valence-corrected chi connectivity index (χ3v) is 7.90. The summed E-state index contributed by atoms with van der Waals surface area (Å²) in [6, 6.07) is 14.0. The molecule has 1 aliphatic rings. The van der Waals surface area contributed by atoms with E-state index in [-0.39, 0.29) is 31.3 Å². The zero-order valence-corrected chi connectivity index (χ0v) is 19.2. The van der Waals surface area contributed by atoms with Crippen LogP contribution in [-0.2, 0) is 29.8 Å². The molecule has 1 aromatic heterocycles. The molecule has 0 spiro atoms. The number of sulfonamides is 1. The maximum atomic E-state index is 13.3. The highest BCUT2D eigenvalue weighted by Gasteiger charge is 2.50. The lowest BCUT2D eigenvalue weighted by atomic mass is 9.82. The summed E-state index contributed by atoms with van der Waals surface area (Å²) in [6.07, 6.45) is -1.61. The fraction of sp³-hybridized carbons (Fsp3) is 0.348. The van der Waals surface area contributed by atoms with E-state index in [0.29, 0.717) is 5.56 Å². The van der Waals surface area contributed by atoms with Crippen molar-refractivity contribution in [2.45, 2.75) is 29.2 Å². The predicted octanol–water partition coefficient (Wildman–Crippen LogP) is 2.75. The van der Waals surface area contributed by atoms with Gasteiger partial charge in [-0.2, -0.15) is 17.5 Å². The summed E-state index contributed by atoms with van der Waals surface area (Å²) in [5, 5.41) is 13.7.